The van der Waals surface area contributed by atoms with E-state index in [-0.39, 0.29) is 23.9 Å². The van der Waals surface area contributed by atoms with Crippen LogP contribution in [0, 0.1) is 10.1 Å². The molecule has 0 saturated heterocycles. The Hall–Kier alpha value is -3.62. The molecule has 140 valence electrons. The number of aromatic nitrogens is 2. The third-order valence-electron chi connectivity index (χ3n) is 4.06. The van der Waals surface area contributed by atoms with Crippen LogP contribution in [-0.4, -0.2) is 53.2 Å². The smallest absolute Gasteiger partial charge is 0.274 e. The van der Waals surface area contributed by atoms with Gasteiger partial charge in [0.25, 0.3) is 11.6 Å². The van der Waals surface area contributed by atoms with Crippen LogP contribution < -0.4 is 9.47 Å². The molecule has 2 aromatic carbocycles. The van der Waals surface area contributed by atoms with E-state index in [4.69, 9.17) is 9.47 Å². The van der Waals surface area contributed by atoms with Crippen molar-refractivity contribution in [2.75, 3.05) is 27.3 Å². The third-order valence-corrected chi connectivity index (χ3v) is 4.06. The fraction of sp³-hybridized carbons (Fsp3) is 0.222. The average molecular weight is 370 g/mol. The Bertz CT molecular complexity index is 968. The molecule has 1 N–H and O–H groups in total. The van der Waals surface area contributed by atoms with Crippen molar-refractivity contribution in [3.8, 4) is 11.5 Å². The molecule has 0 aliphatic rings. The number of non-ortho nitro benzene ring substituents is 1. The molecule has 0 atom stereocenters. The first kappa shape index (κ1) is 18.2. The summed E-state index contributed by atoms with van der Waals surface area (Å²) >= 11 is 0. The van der Waals surface area contributed by atoms with Crippen molar-refractivity contribution in [3.05, 3.63) is 58.3 Å². The summed E-state index contributed by atoms with van der Waals surface area (Å²) in [6, 6.07) is 11.4. The first-order chi connectivity index (χ1) is 13.0. The van der Waals surface area contributed by atoms with Crippen LogP contribution in [0.1, 0.15) is 10.5 Å². The van der Waals surface area contributed by atoms with E-state index < -0.39 is 4.92 Å². The summed E-state index contributed by atoms with van der Waals surface area (Å²) in [5, 5.41) is 18.1. The molecule has 0 fully saturated rings. The summed E-state index contributed by atoms with van der Waals surface area (Å²) in [7, 11) is 3.21. The number of methoxy groups -OCH3 is 1. The van der Waals surface area contributed by atoms with Crippen molar-refractivity contribution in [1.29, 1.82) is 0 Å². The van der Waals surface area contributed by atoms with Gasteiger partial charge in [-0.3, -0.25) is 20.0 Å². The van der Waals surface area contributed by atoms with E-state index in [0.29, 0.717) is 23.2 Å². The molecular weight excluding hydrogens is 352 g/mol. The third kappa shape index (κ3) is 3.97. The van der Waals surface area contributed by atoms with E-state index >= 15 is 0 Å². The number of nitro benzene ring substituents is 1. The lowest BCUT2D eigenvalue weighted by Gasteiger charge is -2.16. The SMILES string of the molecule is COc1ccc(OCCN(C)C(=O)c2n[nH]c3ccc([N+](=O)[O-])cc23)cc1. The Morgan fingerprint density at radius 2 is 1.93 bits per heavy atom. The first-order valence-corrected chi connectivity index (χ1v) is 8.14. The molecule has 0 aliphatic heterocycles. The van der Waals surface area contributed by atoms with Crippen molar-refractivity contribution in [2.45, 2.75) is 0 Å². The number of amides is 1. The molecule has 3 rings (SSSR count). The number of hydrogen-bond acceptors (Lipinski definition) is 6. The van der Waals surface area contributed by atoms with Gasteiger partial charge in [0.1, 0.15) is 18.1 Å². The fourth-order valence-electron chi connectivity index (χ4n) is 2.53. The van der Waals surface area contributed by atoms with Crippen LogP contribution in [0.25, 0.3) is 10.9 Å². The number of aromatic amines is 1. The lowest BCUT2D eigenvalue weighted by molar-refractivity contribution is -0.384. The van der Waals surface area contributed by atoms with Crippen LogP contribution in [0.2, 0.25) is 0 Å². The number of nitrogens with one attached hydrogen (secondary N) is 1. The second-order valence-electron chi connectivity index (χ2n) is 5.81. The maximum Gasteiger partial charge on any atom is 0.274 e. The minimum absolute atomic E-state index is 0.0940. The quantitative estimate of drug-likeness (QED) is 0.506. The number of rotatable bonds is 7. The van der Waals surface area contributed by atoms with Gasteiger partial charge in [0.2, 0.25) is 0 Å². The molecule has 1 aromatic heterocycles. The van der Waals surface area contributed by atoms with Gasteiger partial charge >= 0.3 is 0 Å². The molecule has 0 aliphatic carbocycles. The van der Waals surface area contributed by atoms with Crippen molar-refractivity contribution >= 4 is 22.5 Å². The summed E-state index contributed by atoms with van der Waals surface area (Å²) < 4.78 is 10.7. The Kier molecular flexibility index (Phi) is 5.20. The van der Waals surface area contributed by atoms with E-state index in [1.165, 1.54) is 23.1 Å². The number of nitrogens with zero attached hydrogens (tertiary/aromatic N) is 3. The van der Waals surface area contributed by atoms with Crippen molar-refractivity contribution in [3.63, 3.8) is 0 Å². The van der Waals surface area contributed by atoms with Gasteiger partial charge in [-0.15, -0.1) is 0 Å². The number of likely N-dealkylation sites (N-methyl/N-ethyl adjacent to an activating group) is 1. The highest BCUT2D eigenvalue weighted by Gasteiger charge is 2.20. The molecule has 0 saturated carbocycles. The zero-order valence-electron chi connectivity index (χ0n) is 14.8. The molecule has 1 amide bonds. The maximum absolute atomic E-state index is 12.6. The fourth-order valence-corrected chi connectivity index (χ4v) is 2.53. The molecule has 0 radical (unpaired) electrons. The molecule has 0 bridgehead atoms. The first-order valence-electron chi connectivity index (χ1n) is 8.14. The number of hydrogen-bond donors (Lipinski definition) is 1. The highest BCUT2D eigenvalue weighted by molar-refractivity contribution is 6.05. The second kappa shape index (κ2) is 7.73. The molecule has 3 aromatic rings. The lowest BCUT2D eigenvalue weighted by Crippen LogP contribution is -2.31. The Morgan fingerprint density at radius 1 is 1.22 bits per heavy atom. The average Bonchev–Trinajstić information content (AvgIpc) is 3.11. The monoisotopic (exact) mass is 370 g/mol. The van der Waals surface area contributed by atoms with Crippen LogP contribution in [0.3, 0.4) is 0 Å². The van der Waals surface area contributed by atoms with E-state index in [9.17, 15) is 14.9 Å². The van der Waals surface area contributed by atoms with Crippen molar-refractivity contribution < 1.29 is 19.2 Å². The highest BCUT2D eigenvalue weighted by Crippen LogP contribution is 2.23. The molecule has 27 heavy (non-hydrogen) atoms. The molecule has 9 nitrogen and oxygen atoms in total. The predicted molar refractivity (Wildman–Crippen MR) is 98.2 cm³/mol. The largest absolute Gasteiger partial charge is 0.497 e. The van der Waals surface area contributed by atoms with Crippen LogP contribution in [0.5, 0.6) is 11.5 Å². The van der Waals surface area contributed by atoms with E-state index in [0.717, 1.165) is 5.75 Å². The summed E-state index contributed by atoms with van der Waals surface area (Å²) in [6.45, 7) is 0.616. The number of nitro groups is 1. The molecule has 9 heteroatoms. The van der Waals surface area contributed by atoms with Crippen LogP contribution in [0.15, 0.2) is 42.5 Å². The van der Waals surface area contributed by atoms with Crippen LogP contribution in [-0.2, 0) is 0 Å². The van der Waals surface area contributed by atoms with Gasteiger partial charge in [-0.05, 0) is 30.3 Å². The van der Waals surface area contributed by atoms with Gasteiger partial charge < -0.3 is 14.4 Å². The zero-order chi connectivity index (χ0) is 19.4. The van der Waals surface area contributed by atoms with E-state index in [2.05, 4.69) is 10.2 Å². The van der Waals surface area contributed by atoms with Crippen LogP contribution >= 0.6 is 0 Å². The number of fused-ring (bicyclic) bond motifs is 1. The second-order valence-corrected chi connectivity index (χ2v) is 5.81. The maximum atomic E-state index is 12.6. The molecular formula is C18H18N4O5. The van der Waals surface area contributed by atoms with Gasteiger partial charge in [0, 0.05) is 24.6 Å². The van der Waals surface area contributed by atoms with E-state index in [1.807, 2.05) is 0 Å². The van der Waals surface area contributed by atoms with Crippen molar-refractivity contribution in [1.82, 2.24) is 15.1 Å². The van der Waals surface area contributed by atoms with E-state index in [1.54, 1.807) is 38.4 Å². The van der Waals surface area contributed by atoms with Crippen LogP contribution in [0.4, 0.5) is 5.69 Å². The lowest BCUT2D eigenvalue weighted by atomic mass is 10.2. The van der Waals surface area contributed by atoms with Crippen molar-refractivity contribution in [2.24, 2.45) is 0 Å². The number of ether oxygens (including phenoxy) is 2. The Morgan fingerprint density at radius 3 is 2.59 bits per heavy atom. The standard InChI is InChI=1S/C18H18N4O5/c1-21(9-10-27-14-6-4-13(26-2)5-7-14)18(23)17-15-11-12(22(24)25)3-8-16(15)19-20-17/h3-8,11H,9-10H2,1-2H3,(H,19,20). The van der Waals surface area contributed by atoms with Gasteiger partial charge in [-0.1, -0.05) is 0 Å². The minimum atomic E-state index is -0.507. The van der Waals surface area contributed by atoms with Gasteiger partial charge in [-0.2, -0.15) is 5.10 Å². The van der Waals surface area contributed by atoms with Gasteiger partial charge in [0.05, 0.1) is 24.1 Å². The Labute approximate surface area is 154 Å². The summed E-state index contributed by atoms with van der Waals surface area (Å²) in [5.41, 5.74) is 0.607. The number of benzene rings is 2. The normalized spacial score (nSPS) is 10.6. The molecule has 0 spiro atoms. The summed E-state index contributed by atoms with van der Waals surface area (Å²) in [4.78, 5) is 24.5. The number of carbonyl (C=O) groups is 1. The van der Waals surface area contributed by atoms with Gasteiger partial charge in [-0.25, -0.2) is 0 Å². The Balaban J connectivity index is 1.65. The van der Waals surface area contributed by atoms with Gasteiger partial charge in [0.15, 0.2) is 5.69 Å². The minimum Gasteiger partial charge on any atom is -0.497 e. The topological polar surface area (TPSA) is 111 Å². The summed E-state index contributed by atoms with van der Waals surface area (Å²) in [5.74, 6) is 1.05. The zero-order valence-corrected chi connectivity index (χ0v) is 14.8. The summed E-state index contributed by atoms with van der Waals surface area (Å²) in [6.07, 6.45) is 0. The number of H-pyrrole nitrogens is 1. The predicted octanol–water partition coefficient (Wildman–Crippen LogP) is 2.63. The molecule has 0 unspecified atom stereocenters. The number of carbonyl (C=O) groups excluding carboxylic acids is 1. The molecule has 1 heterocycles. The highest BCUT2D eigenvalue weighted by atomic mass is 16.6.